The van der Waals surface area contributed by atoms with Gasteiger partial charge in [0, 0.05) is 48.2 Å². The number of aliphatic hydroxyl groups is 2. The van der Waals surface area contributed by atoms with Gasteiger partial charge in [0.2, 0.25) is 0 Å². The van der Waals surface area contributed by atoms with Gasteiger partial charge in [-0.25, -0.2) is 4.79 Å². The number of amides is 2. The molecule has 2 aliphatic heterocycles. The molecule has 8 nitrogen and oxygen atoms in total. The number of nitrogens with zero attached hydrogens (tertiary/aromatic N) is 1. The molecule has 2 saturated heterocycles. The monoisotopic (exact) mass is 713 g/mol. The summed E-state index contributed by atoms with van der Waals surface area (Å²) in [5.74, 6) is 2.43. The fourth-order valence-corrected chi connectivity index (χ4v) is 10.4. The second kappa shape index (κ2) is 14.4. The van der Waals surface area contributed by atoms with E-state index in [1.807, 2.05) is 72.8 Å². The summed E-state index contributed by atoms with van der Waals surface area (Å²) < 4.78 is 13.4. The zero-order valence-corrected chi connectivity index (χ0v) is 30.4. The van der Waals surface area contributed by atoms with Crippen LogP contribution in [0, 0.1) is 23.7 Å². The molecule has 0 aromatic heterocycles. The Labute approximate surface area is 306 Å². The Kier molecular flexibility index (Phi) is 9.94. The third kappa shape index (κ3) is 7.59. The van der Waals surface area contributed by atoms with Crippen LogP contribution in [0.4, 0.5) is 4.79 Å². The van der Waals surface area contributed by atoms with Crippen molar-refractivity contribution in [2.24, 2.45) is 23.7 Å². The van der Waals surface area contributed by atoms with Gasteiger partial charge in [0.25, 0.3) is 0 Å². The molecule has 4 atom stereocenters. The van der Waals surface area contributed by atoms with E-state index in [4.69, 9.17) is 21.1 Å². The number of hydrogen-bond donors (Lipinski definition) is 4. The van der Waals surface area contributed by atoms with Gasteiger partial charge in [-0.3, -0.25) is 0 Å². The van der Waals surface area contributed by atoms with Crippen LogP contribution in [0.1, 0.15) is 98.5 Å². The molecular weight excluding hydrogens is 662 g/mol. The lowest BCUT2D eigenvalue weighted by Crippen LogP contribution is -2.61. The van der Waals surface area contributed by atoms with E-state index in [0.29, 0.717) is 24.4 Å². The Morgan fingerprint density at radius 1 is 0.843 bits per heavy atom. The summed E-state index contributed by atoms with van der Waals surface area (Å²) in [6, 6.07) is 23.7. The van der Waals surface area contributed by atoms with Gasteiger partial charge in [-0.05, 0) is 104 Å². The fraction of sp³-hybridized carbons (Fsp3) is 0.548. The third-order valence-electron chi connectivity index (χ3n) is 12.7. The summed E-state index contributed by atoms with van der Waals surface area (Å²) in [4.78, 5) is 15.5. The van der Waals surface area contributed by atoms with Crippen molar-refractivity contribution in [3.8, 4) is 0 Å². The minimum atomic E-state index is -0.866. The minimum Gasteiger partial charge on any atom is -0.392 e. The lowest BCUT2D eigenvalue weighted by Gasteiger charge is -2.56. The average molecular weight is 714 g/mol. The predicted octanol–water partition coefficient (Wildman–Crippen LogP) is 7.38. The van der Waals surface area contributed by atoms with Crippen molar-refractivity contribution in [1.29, 1.82) is 0 Å². The summed E-state index contributed by atoms with van der Waals surface area (Å²) in [5, 5.41) is 28.3. The average Bonchev–Trinajstić information content (AvgIpc) is 3.12. The lowest BCUT2D eigenvalue weighted by atomic mass is 9.53. The van der Waals surface area contributed by atoms with Gasteiger partial charge in [0.05, 0.1) is 24.4 Å². The second-order valence-corrected chi connectivity index (χ2v) is 16.8. The largest absolute Gasteiger partial charge is 0.392 e. The Morgan fingerprint density at radius 2 is 1.43 bits per heavy atom. The fourth-order valence-electron chi connectivity index (χ4n) is 10.3. The van der Waals surface area contributed by atoms with Crippen LogP contribution >= 0.6 is 11.6 Å². The van der Waals surface area contributed by atoms with Crippen LogP contribution in [-0.4, -0.2) is 52.4 Å². The van der Waals surface area contributed by atoms with Crippen molar-refractivity contribution >= 4 is 17.6 Å². The van der Waals surface area contributed by atoms with Gasteiger partial charge in [-0.2, -0.15) is 0 Å². The van der Waals surface area contributed by atoms with Crippen LogP contribution in [-0.2, 0) is 28.2 Å². The number of hydrogen-bond acceptors (Lipinski definition) is 6. The minimum absolute atomic E-state index is 0.00180. The van der Waals surface area contributed by atoms with Crippen LogP contribution in [0.25, 0.3) is 0 Å². The summed E-state index contributed by atoms with van der Waals surface area (Å²) in [5.41, 5.74) is 3.92. The predicted molar refractivity (Wildman–Crippen MR) is 197 cm³/mol. The Balaban J connectivity index is 0.919. The zero-order valence-electron chi connectivity index (χ0n) is 29.6. The van der Waals surface area contributed by atoms with Crippen molar-refractivity contribution < 1.29 is 24.5 Å². The topological polar surface area (TPSA) is 103 Å². The first-order chi connectivity index (χ1) is 24.7. The molecule has 3 aromatic carbocycles. The molecule has 6 fully saturated rings. The van der Waals surface area contributed by atoms with E-state index in [2.05, 4.69) is 22.5 Å². The summed E-state index contributed by atoms with van der Waals surface area (Å²) in [6.45, 7) is 4.88. The number of urea groups is 1. The van der Waals surface area contributed by atoms with Crippen LogP contribution in [0.5, 0.6) is 0 Å². The molecule has 6 aliphatic rings. The van der Waals surface area contributed by atoms with Crippen molar-refractivity contribution in [3.63, 3.8) is 0 Å². The molecule has 4 unspecified atom stereocenters. The van der Waals surface area contributed by atoms with Gasteiger partial charge >= 0.3 is 6.03 Å². The van der Waals surface area contributed by atoms with Crippen molar-refractivity contribution in [2.75, 3.05) is 19.6 Å². The molecule has 4 bridgehead atoms. The smallest absolute Gasteiger partial charge is 0.315 e. The van der Waals surface area contributed by atoms with Gasteiger partial charge in [0.1, 0.15) is 0 Å². The number of rotatable bonds is 9. The highest BCUT2D eigenvalue weighted by Gasteiger charge is 2.51. The quantitative estimate of drug-likeness (QED) is 0.185. The van der Waals surface area contributed by atoms with Crippen LogP contribution in [0.3, 0.4) is 0 Å². The maximum Gasteiger partial charge on any atom is 0.315 e. The molecule has 9 heteroatoms. The summed E-state index contributed by atoms with van der Waals surface area (Å²) in [6.07, 6.45) is 7.87. The van der Waals surface area contributed by atoms with E-state index >= 15 is 0 Å². The number of aliphatic hydroxyl groups excluding tert-OH is 1. The van der Waals surface area contributed by atoms with Crippen LogP contribution in [0.2, 0.25) is 5.02 Å². The molecule has 9 rings (SSSR count). The lowest BCUT2D eigenvalue weighted by molar-refractivity contribution is -0.277. The van der Waals surface area contributed by atoms with E-state index < -0.39 is 11.9 Å². The highest BCUT2D eigenvalue weighted by atomic mass is 35.5. The number of carbonyl (C=O) groups excluding carboxylic acids is 1. The van der Waals surface area contributed by atoms with Crippen LogP contribution < -0.4 is 10.6 Å². The Hall–Kier alpha value is -2.98. The van der Waals surface area contributed by atoms with Gasteiger partial charge < -0.3 is 35.2 Å². The van der Waals surface area contributed by atoms with E-state index in [9.17, 15) is 15.0 Å². The molecule has 4 N–H and O–H groups in total. The van der Waals surface area contributed by atoms with Gasteiger partial charge in [-0.1, -0.05) is 79.2 Å². The number of piperidine rings is 1. The number of carbonyl (C=O) groups is 1. The van der Waals surface area contributed by atoms with Crippen molar-refractivity contribution in [3.05, 3.63) is 106 Å². The normalized spacial score (nSPS) is 32.8. The summed E-state index contributed by atoms with van der Waals surface area (Å²) in [7, 11) is 0. The Bertz CT molecular complexity index is 1620. The van der Waals surface area contributed by atoms with Gasteiger partial charge in [-0.15, -0.1) is 0 Å². The summed E-state index contributed by atoms with van der Waals surface area (Å²) >= 11 is 6.11. The van der Waals surface area contributed by atoms with Gasteiger partial charge in [0.15, 0.2) is 6.29 Å². The van der Waals surface area contributed by atoms with E-state index in [0.717, 1.165) is 84.5 Å². The van der Waals surface area contributed by atoms with E-state index in [1.54, 1.807) is 0 Å². The number of ether oxygens (including phenoxy) is 2. The Morgan fingerprint density at radius 3 is 2.04 bits per heavy atom. The maximum atomic E-state index is 13.1. The van der Waals surface area contributed by atoms with E-state index in [1.165, 1.54) is 19.3 Å². The number of nitrogens with one attached hydrogen (secondary N) is 2. The first-order valence-corrected chi connectivity index (χ1v) is 19.4. The second-order valence-electron chi connectivity index (χ2n) is 16.4. The molecule has 272 valence electrons. The third-order valence-corrected chi connectivity index (χ3v) is 13.0. The highest BCUT2D eigenvalue weighted by molar-refractivity contribution is 6.30. The first kappa shape index (κ1) is 35.1. The first-order valence-electron chi connectivity index (χ1n) is 19.0. The molecule has 0 spiro atoms. The maximum absolute atomic E-state index is 13.1. The molecule has 51 heavy (non-hydrogen) atoms. The molecule has 2 amide bonds. The highest BCUT2D eigenvalue weighted by Crippen LogP contribution is 2.55. The molecule has 4 saturated carbocycles. The number of benzene rings is 3. The van der Waals surface area contributed by atoms with Crippen LogP contribution in [0.15, 0.2) is 72.8 Å². The molecular formula is C42H52ClN3O5. The SMILES string of the molecule is CC1C(CN2CCC(O)(c3ccc(Cl)cc3)CC2)OC(c2ccc(CNC(=O)NC34CC5CC(CC(C5)C3)C4)cc2)OC1c1ccc(CO)cc1. The van der Waals surface area contributed by atoms with E-state index in [-0.39, 0.29) is 36.3 Å². The van der Waals surface area contributed by atoms with Crippen molar-refractivity contribution in [1.82, 2.24) is 15.5 Å². The van der Waals surface area contributed by atoms with Crippen molar-refractivity contribution in [2.45, 2.75) is 101 Å². The molecule has 2 heterocycles. The molecule has 3 aromatic rings. The standard InChI is InChI=1S/C42H52ClN3O5/c1-27-37(25-46-16-14-42(49,15-17-46)35-10-12-36(43)13-11-35)50-39(51-38(27)33-6-4-29(26-47)5-7-33)34-8-2-28(3-9-34)24-44-40(48)45-41-21-30-18-31(22-41)20-32(19-30)23-41/h2-13,27,30-32,37-39,47,49H,14-26H2,1H3,(H2,44,45,48). The number of likely N-dealkylation sites (tertiary alicyclic amines) is 1. The zero-order chi connectivity index (χ0) is 35.2. The molecule has 4 aliphatic carbocycles. The number of halogens is 1. The molecule has 0 radical (unpaired) electrons.